The lowest BCUT2D eigenvalue weighted by Crippen LogP contribution is -2.36. The fraction of sp³-hybridized carbons (Fsp3) is 0.909. The van der Waals surface area contributed by atoms with E-state index >= 15 is 0 Å². The number of esters is 1. The summed E-state index contributed by atoms with van der Waals surface area (Å²) in [7, 11) is 1.96. The number of nitrogens with one attached hydrogen (secondary N) is 1. The molecule has 1 N–H and O–H groups in total. The summed E-state index contributed by atoms with van der Waals surface area (Å²) in [6.07, 6.45) is 21.3. The number of carbonyl (C=O) groups excluding carboxylic acids is 1. The predicted molar refractivity (Wildman–Crippen MR) is 161 cm³/mol. The van der Waals surface area contributed by atoms with E-state index in [0.717, 1.165) is 49.4 Å². The number of carbonyl (C=O) groups is 1. The van der Waals surface area contributed by atoms with Gasteiger partial charge >= 0.3 is 5.97 Å². The second kappa shape index (κ2) is 14.8. The van der Waals surface area contributed by atoms with Crippen LogP contribution < -0.4 is 5.32 Å². The maximum atomic E-state index is 13.1. The highest BCUT2D eigenvalue weighted by Gasteiger charge is 2.38. The summed E-state index contributed by atoms with van der Waals surface area (Å²) >= 11 is 5.24. The summed E-state index contributed by atoms with van der Waals surface area (Å²) in [6.45, 7) is 10.9. The van der Waals surface area contributed by atoms with Crippen LogP contribution in [-0.4, -0.2) is 30.4 Å². The zero-order valence-electron chi connectivity index (χ0n) is 25.1. The monoisotopic (exact) mass is 533 g/mol. The molecule has 2 saturated carbocycles. The normalized spacial score (nSPS) is 33.6. The van der Waals surface area contributed by atoms with Crippen molar-refractivity contribution >= 4 is 18.6 Å². The molecule has 3 aliphatic rings. The van der Waals surface area contributed by atoms with Gasteiger partial charge in [0.1, 0.15) is 6.10 Å². The minimum absolute atomic E-state index is 0.0193. The Morgan fingerprint density at radius 1 is 1.08 bits per heavy atom. The largest absolute Gasteiger partial charge is 0.462 e. The van der Waals surface area contributed by atoms with Gasteiger partial charge < -0.3 is 10.1 Å². The molecule has 0 radical (unpaired) electrons. The lowest BCUT2D eigenvalue weighted by atomic mass is 9.77. The third-order valence-corrected chi connectivity index (χ3v) is 10.7. The van der Waals surface area contributed by atoms with E-state index in [-0.39, 0.29) is 12.1 Å². The minimum Gasteiger partial charge on any atom is -0.462 e. The third-order valence-electron chi connectivity index (χ3n) is 10.0. The molecule has 7 atom stereocenters. The van der Waals surface area contributed by atoms with Crippen molar-refractivity contribution in [3.63, 3.8) is 0 Å². The smallest absolute Gasteiger partial charge is 0.311 e. The first-order valence-corrected chi connectivity index (χ1v) is 16.4. The van der Waals surface area contributed by atoms with Crippen LogP contribution >= 0.6 is 12.6 Å². The van der Waals surface area contributed by atoms with Crippen LogP contribution in [0.2, 0.25) is 0 Å². The lowest BCUT2D eigenvalue weighted by Gasteiger charge is -2.32. The maximum Gasteiger partial charge on any atom is 0.311 e. The van der Waals surface area contributed by atoms with E-state index < -0.39 is 5.41 Å². The van der Waals surface area contributed by atoms with Gasteiger partial charge in [-0.05, 0) is 122 Å². The summed E-state index contributed by atoms with van der Waals surface area (Å²) in [5.74, 6) is 4.13. The SMILES string of the molecule is CNC(C)CC(C)(C)C(=O)OC1CCCC2/C(=C\CCC3CCC(CCCCC(C)C)C3CCC2S)C1. The molecule has 7 unspecified atom stereocenters. The lowest BCUT2D eigenvalue weighted by molar-refractivity contribution is -0.160. The third kappa shape index (κ3) is 9.30. The second-order valence-electron chi connectivity index (χ2n) is 14.0. The molecule has 0 saturated heterocycles. The number of hydrogen-bond donors (Lipinski definition) is 2. The standard InChI is InChI=1S/C33H59NO2S/c1-23(2)11-7-8-12-25-17-18-26-13-9-14-27-21-28(36-32(35)33(4,5)22-24(3)34-6)15-10-16-30(27)31(37)20-19-29(25)26/h14,23-26,28-31,34,37H,7-13,15-22H2,1-6H3/b27-14-. The van der Waals surface area contributed by atoms with E-state index in [4.69, 9.17) is 17.4 Å². The summed E-state index contributed by atoms with van der Waals surface area (Å²) in [5.41, 5.74) is 1.08. The van der Waals surface area contributed by atoms with E-state index in [1.807, 2.05) is 20.9 Å². The van der Waals surface area contributed by atoms with Crippen molar-refractivity contribution in [3.05, 3.63) is 11.6 Å². The molecule has 214 valence electrons. The van der Waals surface area contributed by atoms with E-state index in [0.29, 0.717) is 17.2 Å². The van der Waals surface area contributed by atoms with Gasteiger partial charge in [0, 0.05) is 17.7 Å². The first-order chi connectivity index (χ1) is 17.6. The van der Waals surface area contributed by atoms with Gasteiger partial charge in [-0.1, -0.05) is 51.2 Å². The van der Waals surface area contributed by atoms with Gasteiger partial charge in [0.15, 0.2) is 0 Å². The zero-order valence-corrected chi connectivity index (χ0v) is 26.0. The van der Waals surface area contributed by atoms with Gasteiger partial charge in [-0.3, -0.25) is 4.79 Å². The number of allylic oxidation sites excluding steroid dienone is 1. The molecule has 0 aliphatic heterocycles. The first kappa shape index (κ1) is 31.1. The molecule has 0 aromatic heterocycles. The average Bonchev–Trinajstić information content (AvgIpc) is 3.10. The van der Waals surface area contributed by atoms with Crippen molar-refractivity contribution in [1.29, 1.82) is 0 Å². The summed E-state index contributed by atoms with van der Waals surface area (Å²) in [5, 5.41) is 3.70. The van der Waals surface area contributed by atoms with Crippen molar-refractivity contribution in [1.82, 2.24) is 5.32 Å². The molecular weight excluding hydrogens is 474 g/mol. The maximum absolute atomic E-state index is 13.1. The summed E-state index contributed by atoms with van der Waals surface area (Å²) in [6, 6.07) is 0.297. The molecular formula is C33H59NO2S. The Kier molecular flexibility index (Phi) is 12.4. The molecule has 0 aromatic rings. The highest BCUT2D eigenvalue weighted by Crippen LogP contribution is 2.47. The zero-order chi connectivity index (χ0) is 27.0. The van der Waals surface area contributed by atoms with Crippen LogP contribution in [0, 0.1) is 35.0 Å². The molecule has 4 heteroatoms. The van der Waals surface area contributed by atoms with Crippen LogP contribution in [0.5, 0.6) is 0 Å². The number of fused-ring (bicyclic) bond motifs is 2. The highest BCUT2D eigenvalue weighted by atomic mass is 32.1. The second-order valence-corrected chi connectivity index (χ2v) is 14.7. The van der Waals surface area contributed by atoms with Gasteiger partial charge in [0.05, 0.1) is 5.41 Å². The van der Waals surface area contributed by atoms with Gasteiger partial charge in [0.25, 0.3) is 0 Å². The van der Waals surface area contributed by atoms with Crippen LogP contribution in [-0.2, 0) is 9.53 Å². The van der Waals surface area contributed by atoms with E-state index in [1.165, 1.54) is 70.6 Å². The van der Waals surface area contributed by atoms with Gasteiger partial charge in [-0.25, -0.2) is 0 Å². The van der Waals surface area contributed by atoms with Crippen molar-refractivity contribution in [3.8, 4) is 0 Å². The summed E-state index contributed by atoms with van der Waals surface area (Å²) < 4.78 is 6.21. The van der Waals surface area contributed by atoms with Crippen LogP contribution in [0.15, 0.2) is 11.6 Å². The van der Waals surface area contributed by atoms with Crippen molar-refractivity contribution in [2.24, 2.45) is 35.0 Å². The minimum atomic E-state index is -0.465. The molecule has 3 aliphatic carbocycles. The Bertz CT molecular complexity index is 732. The van der Waals surface area contributed by atoms with E-state index in [2.05, 4.69) is 32.2 Å². The Hall–Kier alpha value is -0.480. The van der Waals surface area contributed by atoms with E-state index in [9.17, 15) is 4.79 Å². The Morgan fingerprint density at radius 2 is 1.86 bits per heavy atom. The number of ether oxygens (including phenoxy) is 1. The van der Waals surface area contributed by atoms with Crippen LogP contribution in [0.3, 0.4) is 0 Å². The molecule has 0 bridgehead atoms. The molecule has 0 spiro atoms. The van der Waals surface area contributed by atoms with Gasteiger partial charge in [-0.15, -0.1) is 0 Å². The van der Waals surface area contributed by atoms with Gasteiger partial charge in [-0.2, -0.15) is 12.6 Å². The molecule has 2 fully saturated rings. The molecule has 0 aromatic carbocycles. The van der Waals surface area contributed by atoms with Crippen LogP contribution in [0.25, 0.3) is 0 Å². The average molecular weight is 534 g/mol. The fourth-order valence-corrected chi connectivity index (χ4v) is 8.23. The number of thiol groups is 1. The quantitative estimate of drug-likeness (QED) is 0.128. The Morgan fingerprint density at radius 3 is 2.59 bits per heavy atom. The highest BCUT2D eigenvalue weighted by molar-refractivity contribution is 7.81. The molecule has 0 heterocycles. The molecule has 3 nitrogen and oxygen atoms in total. The topological polar surface area (TPSA) is 38.3 Å². The van der Waals surface area contributed by atoms with Crippen LogP contribution in [0.4, 0.5) is 0 Å². The van der Waals surface area contributed by atoms with Crippen LogP contribution in [0.1, 0.15) is 131 Å². The number of rotatable bonds is 10. The summed E-state index contributed by atoms with van der Waals surface area (Å²) in [4.78, 5) is 13.1. The van der Waals surface area contributed by atoms with Crippen molar-refractivity contribution in [2.45, 2.75) is 148 Å². The molecule has 0 amide bonds. The first-order valence-electron chi connectivity index (χ1n) is 15.9. The van der Waals surface area contributed by atoms with Crippen molar-refractivity contribution < 1.29 is 9.53 Å². The molecule has 37 heavy (non-hydrogen) atoms. The number of unbranched alkanes of at least 4 members (excludes halogenated alkanes) is 1. The predicted octanol–water partition coefficient (Wildman–Crippen LogP) is 8.77. The molecule has 3 rings (SSSR count). The Labute approximate surface area is 235 Å². The number of hydrogen-bond acceptors (Lipinski definition) is 4. The Balaban J connectivity index is 1.61. The van der Waals surface area contributed by atoms with E-state index in [1.54, 1.807) is 5.57 Å². The van der Waals surface area contributed by atoms with Gasteiger partial charge in [0.2, 0.25) is 0 Å². The fourth-order valence-electron chi connectivity index (χ4n) is 7.74. The van der Waals surface area contributed by atoms with Crippen molar-refractivity contribution in [2.75, 3.05) is 7.05 Å².